The minimum Gasteiger partial charge on any atom is -0.459 e. The second-order valence-electron chi connectivity index (χ2n) is 12.2. The average Bonchev–Trinajstić information content (AvgIpc) is 2.94. The number of benzene rings is 2. The van der Waals surface area contributed by atoms with Gasteiger partial charge in [-0.3, -0.25) is 9.59 Å². The van der Waals surface area contributed by atoms with Crippen molar-refractivity contribution in [2.45, 2.75) is 77.0 Å². The fourth-order valence-electron chi connectivity index (χ4n) is 5.36. The molecule has 0 bridgehead atoms. The maximum atomic E-state index is 13.5. The highest BCUT2D eigenvalue weighted by molar-refractivity contribution is 7.89. The van der Waals surface area contributed by atoms with Crippen LogP contribution in [0.5, 0.6) is 0 Å². The number of nitrogens with one attached hydrogen (secondary N) is 3. The Labute approximate surface area is 259 Å². The molecule has 1 aromatic heterocycles. The molecule has 44 heavy (non-hydrogen) atoms. The normalized spacial score (nSPS) is 15.0. The van der Waals surface area contributed by atoms with Crippen LogP contribution in [0, 0.1) is 20.8 Å². The van der Waals surface area contributed by atoms with E-state index in [2.05, 4.69) is 30.2 Å². The summed E-state index contributed by atoms with van der Waals surface area (Å²) in [4.78, 5) is 37.2. The van der Waals surface area contributed by atoms with E-state index in [1.807, 2.05) is 19.1 Å². The van der Waals surface area contributed by atoms with Gasteiger partial charge in [0.15, 0.2) is 0 Å². The molecule has 2 heterocycles. The second kappa shape index (κ2) is 13.7. The first-order valence-electron chi connectivity index (χ1n) is 14.7. The largest absolute Gasteiger partial charge is 0.459 e. The number of aryl methyl sites for hydroxylation is 3. The number of nitrogens with zero attached hydrogens (tertiary/aromatic N) is 3. The number of carbonyl (C=O) groups excluding carboxylic acids is 2. The van der Waals surface area contributed by atoms with Crippen LogP contribution in [0.15, 0.2) is 59.8 Å². The van der Waals surface area contributed by atoms with Crippen LogP contribution >= 0.6 is 0 Å². The van der Waals surface area contributed by atoms with E-state index < -0.39 is 33.5 Å². The molecule has 1 amide bonds. The van der Waals surface area contributed by atoms with Crippen LogP contribution in [0.4, 0.5) is 11.6 Å². The number of piperidine rings is 1. The molecule has 0 spiro atoms. The lowest BCUT2D eigenvalue weighted by atomic mass is 10.0. The van der Waals surface area contributed by atoms with E-state index in [9.17, 15) is 18.0 Å². The topological polar surface area (TPSA) is 143 Å². The van der Waals surface area contributed by atoms with Gasteiger partial charge in [-0.1, -0.05) is 23.8 Å². The molecule has 11 nitrogen and oxygen atoms in total. The van der Waals surface area contributed by atoms with E-state index in [1.165, 1.54) is 0 Å². The summed E-state index contributed by atoms with van der Waals surface area (Å²) in [6, 6.07) is 11.5. The van der Waals surface area contributed by atoms with Crippen molar-refractivity contribution in [3.05, 3.63) is 77.1 Å². The van der Waals surface area contributed by atoms with Crippen molar-refractivity contribution in [2.75, 3.05) is 29.9 Å². The van der Waals surface area contributed by atoms with Crippen LogP contribution < -0.4 is 20.3 Å². The Morgan fingerprint density at radius 2 is 1.64 bits per heavy atom. The molecular formula is C32H42N6O5S. The van der Waals surface area contributed by atoms with E-state index in [4.69, 9.17) is 4.74 Å². The number of hydrogen-bond acceptors (Lipinski definition) is 9. The zero-order valence-corrected chi connectivity index (χ0v) is 27.0. The third kappa shape index (κ3) is 8.76. The predicted molar refractivity (Wildman–Crippen MR) is 170 cm³/mol. The summed E-state index contributed by atoms with van der Waals surface area (Å²) in [6.07, 6.45) is 5.17. The zero-order chi connectivity index (χ0) is 32.1. The van der Waals surface area contributed by atoms with Crippen molar-refractivity contribution in [3.63, 3.8) is 0 Å². The number of ether oxygens (including phenoxy) is 1. The number of rotatable bonds is 10. The standard InChI is InChI=1S/C32H42N6O5S/c1-21-17-22(2)28(23(3)18-21)44(41,42)37-27(30(40)43-32(4,5)6)20-35-29(39)24-9-7-10-26(19-24)38-15-11-25(12-16-38)36-31-33-13-8-14-34-31/h7-10,13-14,17-19,25,27,37H,11-12,15-16,20H2,1-6H3,(H,35,39)(H,33,34,36). The minimum atomic E-state index is -4.12. The second-order valence-corrected chi connectivity index (χ2v) is 13.8. The van der Waals surface area contributed by atoms with Crippen LogP contribution in [-0.2, 0) is 19.6 Å². The van der Waals surface area contributed by atoms with Gasteiger partial charge in [-0.2, -0.15) is 4.72 Å². The zero-order valence-electron chi connectivity index (χ0n) is 26.2. The molecule has 1 fully saturated rings. The number of hydrogen-bond donors (Lipinski definition) is 3. The van der Waals surface area contributed by atoms with Gasteiger partial charge in [0, 0.05) is 49.3 Å². The van der Waals surface area contributed by atoms with Gasteiger partial charge in [-0.25, -0.2) is 18.4 Å². The average molecular weight is 623 g/mol. The van der Waals surface area contributed by atoms with Crippen molar-refractivity contribution in [1.29, 1.82) is 0 Å². The number of amides is 1. The quantitative estimate of drug-likeness (QED) is 0.287. The monoisotopic (exact) mass is 622 g/mol. The smallest absolute Gasteiger partial charge is 0.326 e. The number of anilines is 2. The summed E-state index contributed by atoms with van der Waals surface area (Å²) in [6.45, 7) is 11.7. The van der Waals surface area contributed by atoms with Crippen LogP contribution in [0.25, 0.3) is 0 Å². The summed E-state index contributed by atoms with van der Waals surface area (Å²) < 4.78 is 34.9. The molecule has 1 aliphatic rings. The molecule has 1 aliphatic heterocycles. The Bertz CT molecular complexity index is 1560. The van der Waals surface area contributed by atoms with Crippen LogP contribution in [0.2, 0.25) is 0 Å². The van der Waals surface area contributed by atoms with Gasteiger partial charge in [0.05, 0.1) is 4.90 Å². The number of carbonyl (C=O) groups is 2. The molecule has 1 saturated heterocycles. The summed E-state index contributed by atoms with van der Waals surface area (Å²) in [5.74, 6) is -0.601. The number of esters is 1. The van der Waals surface area contributed by atoms with Crippen LogP contribution in [-0.4, -0.2) is 67.6 Å². The van der Waals surface area contributed by atoms with Gasteiger partial charge >= 0.3 is 5.97 Å². The van der Waals surface area contributed by atoms with Crippen LogP contribution in [0.1, 0.15) is 60.7 Å². The van der Waals surface area contributed by atoms with Crippen molar-refractivity contribution >= 4 is 33.5 Å². The first kappa shape index (κ1) is 32.9. The first-order chi connectivity index (χ1) is 20.7. The van der Waals surface area contributed by atoms with Gasteiger partial charge in [-0.05, 0) is 89.8 Å². The first-order valence-corrected chi connectivity index (χ1v) is 16.2. The lowest BCUT2D eigenvalue weighted by molar-refractivity contribution is -0.156. The maximum Gasteiger partial charge on any atom is 0.326 e. The van der Waals surface area contributed by atoms with E-state index in [1.54, 1.807) is 77.3 Å². The third-order valence-electron chi connectivity index (χ3n) is 7.20. The molecule has 0 aliphatic carbocycles. The van der Waals surface area contributed by atoms with Gasteiger partial charge in [-0.15, -0.1) is 0 Å². The molecule has 12 heteroatoms. The van der Waals surface area contributed by atoms with Gasteiger partial charge in [0.2, 0.25) is 16.0 Å². The molecule has 0 saturated carbocycles. The lowest BCUT2D eigenvalue weighted by Gasteiger charge is -2.34. The van der Waals surface area contributed by atoms with Crippen molar-refractivity contribution in [2.24, 2.45) is 0 Å². The highest BCUT2D eigenvalue weighted by atomic mass is 32.2. The highest BCUT2D eigenvalue weighted by Crippen LogP contribution is 2.24. The molecule has 236 valence electrons. The fraction of sp³-hybridized carbons (Fsp3) is 0.438. The number of sulfonamides is 1. The fourth-order valence-corrected chi connectivity index (χ4v) is 7.00. The van der Waals surface area contributed by atoms with E-state index in [0.717, 1.165) is 37.2 Å². The molecule has 0 radical (unpaired) electrons. The molecule has 1 unspecified atom stereocenters. The van der Waals surface area contributed by atoms with Crippen molar-refractivity contribution in [3.8, 4) is 0 Å². The SMILES string of the molecule is Cc1cc(C)c(S(=O)(=O)NC(CNC(=O)c2cccc(N3CCC(Nc4ncccn4)CC3)c2)C(=O)OC(C)(C)C)c(C)c1. The van der Waals surface area contributed by atoms with Crippen molar-refractivity contribution < 1.29 is 22.7 Å². The van der Waals surface area contributed by atoms with Gasteiger partial charge in [0.1, 0.15) is 11.6 Å². The summed E-state index contributed by atoms with van der Waals surface area (Å²) >= 11 is 0. The van der Waals surface area contributed by atoms with Gasteiger partial charge in [0.25, 0.3) is 5.91 Å². The van der Waals surface area contributed by atoms with Gasteiger partial charge < -0.3 is 20.3 Å². The number of aromatic nitrogens is 2. The van der Waals surface area contributed by atoms with E-state index >= 15 is 0 Å². The van der Waals surface area contributed by atoms with Crippen LogP contribution in [0.3, 0.4) is 0 Å². The Balaban J connectivity index is 1.43. The summed E-state index contributed by atoms with van der Waals surface area (Å²) in [5, 5.41) is 6.10. The highest BCUT2D eigenvalue weighted by Gasteiger charge is 2.32. The Morgan fingerprint density at radius 3 is 2.25 bits per heavy atom. The molecule has 4 rings (SSSR count). The maximum absolute atomic E-state index is 13.5. The van der Waals surface area contributed by atoms with E-state index in [0.29, 0.717) is 22.6 Å². The molecular weight excluding hydrogens is 580 g/mol. The minimum absolute atomic E-state index is 0.103. The predicted octanol–water partition coefficient (Wildman–Crippen LogP) is 3.90. The molecule has 2 aromatic carbocycles. The lowest BCUT2D eigenvalue weighted by Crippen LogP contribution is -2.50. The van der Waals surface area contributed by atoms with E-state index in [-0.39, 0.29) is 17.5 Å². The molecule has 3 aromatic rings. The summed E-state index contributed by atoms with van der Waals surface area (Å²) in [5.41, 5.74) is 2.50. The van der Waals surface area contributed by atoms with Crippen molar-refractivity contribution in [1.82, 2.24) is 20.0 Å². The molecule has 1 atom stereocenters. The third-order valence-corrected chi connectivity index (χ3v) is 8.97. The Kier molecular flexibility index (Phi) is 10.3. The summed E-state index contributed by atoms with van der Waals surface area (Å²) in [7, 11) is -4.12. The Hall–Kier alpha value is -4.03. The Morgan fingerprint density at radius 1 is 1.00 bits per heavy atom. The molecule has 3 N–H and O–H groups in total.